The van der Waals surface area contributed by atoms with Gasteiger partial charge in [-0.2, -0.15) is 0 Å². The molecule has 4 heteroatoms. The largest absolute Gasteiger partial charge is 0.454 e. The molecule has 0 saturated heterocycles. The van der Waals surface area contributed by atoms with E-state index in [4.69, 9.17) is 5.73 Å². The van der Waals surface area contributed by atoms with E-state index < -0.39 is 0 Å². The van der Waals surface area contributed by atoms with Crippen molar-refractivity contribution in [3.63, 3.8) is 0 Å². The predicted octanol–water partition coefficient (Wildman–Crippen LogP) is 0.980. The van der Waals surface area contributed by atoms with Crippen LogP contribution in [0, 0.1) is 6.20 Å². The van der Waals surface area contributed by atoms with Gasteiger partial charge in [0.2, 0.25) is 0 Å². The summed E-state index contributed by atoms with van der Waals surface area (Å²) in [5, 5.41) is 0. The number of hydrogen-bond donors (Lipinski definition) is 1. The van der Waals surface area contributed by atoms with Crippen molar-refractivity contribution in [1.29, 1.82) is 0 Å². The van der Waals surface area contributed by atoms with Crippen molar-refractivity contribution in [2.24, 2.45) is 0 Å². The monoisotopic (exact) mass is 320 g/mol. The van der Waals surface area contributed by atoms with E-state index in [0.717, 1.165) is 5.69 Å². The molecule has 0 fully saturated rings. The molecule has 0 aliphatic rings. The van der Waals surface area contributed by atoms with E-state index in [2.05, 4.69) is 16.2 Å². The van der Waals surface area contributed by atoms with Crippen molar-refractivity contribution in [2.75, 3.05) is 5.73 Å². The zero-order valence-corrected chi connectivity index (χ0v) is 9.47. The van der Waals surface area contributed by atoms with Gasteiger partial charge in [0.15, 0.2) is 0 Å². The Labute approximate surface area is 80.7 Å². The maximum absolute atomic E-state index is 5.40. The molecule has 0 saturated carbocycles. The van der Waals surface area contributed by atoms with Crippen LogP contribution in [0.2, 0.25) is 0 Å². The number of rotatable bonds is 1. The Morgan fingerprint density at radius 3 is 2.55 bits per heavy atom. The fourth-order valence-corrected chi connectivity index (χ4v) is 0.616. The second-order valence-corrected chi connectivity index (χ2v) is 2.45. The minimum absolute atomic E-state index is 0. The first-order chi connectivity index (χ1) is 4.70. The van der Waals surface area contributed by atoms with Gasteiger partial charge in [-0.25, -0.2) is 0 Å². The summed E-state index contributed by atoms with van der Waals surface area (Å²) in [7, 11) is 0. The van der Waals surface area contributed by atoms with Crippen LogP contribution in [0.15, 0.2) is 6.20 Å². The van der Waals surface area contributed by atoms with Gasteiger partial charge in [0.25, 0.3) is 0 Å². The Morgan fingerprint density at radius 1 is 1.55 bits per heavy atom. The van der Waals surface area contributed by atoms with E-state index in [-0.39, 0.29) is 21.1 Å². The zero-order chi connectivity index (χ0) is 7.56. The van der Waals surface area contributed by atoms with Gasteiger partial charge in [0.05, 0.1) is 5.82 Å². The molecule has 1 rings (SSSR count). The Bertz CT molecular complexity index is 225. The van der Waals surface area contributed by atoms with Crippen LogP contribution in [-0.4, -0.2) is 9.97 Å². The minimum Gasteiger partial charge on any atom is -0.454 e. The molecule has 2 N–H and O–H groups in total. The molecule has 1 aromatic heterocycles. The summed E-state index contributed by atoms with van der Waals surface area (Å²) in [6.45, 7) is 4.06. The first-order valence-electron chi connectivity index (χ1n) is 3.20. The van der Waals surface area contributed by atoms with Gasteiger partial charge in [0, 0.05) is 21.1 Å². The quantitative estimate of drug-likeness (QED) is 0.785. The van der Waals surface area contributed by atoms with Crippen molar-refractivity contribution in [2.45, 2.75) is 19.8 Å². The molecule has 0 amide bonds. The topological polar surface area (TPSA) is 51.8 Å². The molecule has 60 valence electrons. The van der Waals surface area contributed by atoms with E-state index in [1.807, 2.05) is 13.8 Å². The van der Waals surface area contributed by atoms with E-state index in [0.29, 0.717) is 11.7 Å². The fraction of sp³-hybridized carbons (Fsp3) is 0.429. The molecule has 3 nitrogen and oxygen atoms in total. The number of anilines is 1. The number of hydrogen-bond acceptors (Lipinski definition) is 3. The van der Waals surface area contributed by atoms with Crippen LogP contribution in [0.5, 0.6) is 0 Å². The average molecular weight is 320 g/mol. The van der Waals surface area contributed by atoms with Crippen molar-refractivity contribution in [3.8, 4) is 0 Å². The minimum atomic E-state index is 0. The maximum atomic E-state index is 5.40. The summed E-state index contributed by atoms with van der Waals surface area (Å²) >= 11 is 0. The van der Waals surface area contributed by atoms with Crippen LogP contribution in [0.4, 0.5) is 5.82 Å². The number of aromatic nitrogens is 2. The van der Waals surface area contributed by atoms with E-state index in [9.17, 15) is 0 Å². The molecule has 0 aliphatic heterocycles. The molecule has 11 heavy (non-hydrogen) atoms. The molecular weight excluding hydrogens is 310 g/mol. The first kappa shape index (κ1) is 10.6. The van der Waals surface area contributed by atoms with Crippen molar-refractivity contribution in [3.05, 3.63) is 18.1 Å². The van der Waals surface area contributed by atoms with Crippen LogP contribution in [0.25, 0.3) is 0 Å². The molecule has 1 aromatic rings. The first-order valence-corrected chi connectivity index (χ1v) is 3.20. The molecule has 0 aromatic carbocycles. The molecule has 1 heterocycles. The summed E-state index contributed by atoms with van der Waals surface area (Å²) in [5.74, 6) is 0.804. The second kappa shape index (κ2) is 4.45. The third kappa shape index (κ3) is 2.98. The molecule has 0 radical (unpaired) electrons. The number of nitrogens with two attached hydrogens (primary N) is 1. The molecule has 0 atom stereocenters. The zero-order valence-electron chi connectivity index (χ0n) is 6.53. The van der Waals surface area contributed by atoms with Crippen LogP contribution >= 0.6 is 0 Å². The molecule has 0 bridgehead atoms. The number of nitrogens with zero attached hydrogens (tertiary/aromatic N) is 2. The van der Waals surface area contributed by atoms with Crippen LogP contribution < -0.4 is 5.73 Å². The normalized spacial score (nSPS) is 9.36. The van der Waals surface area contributed by atoms with E-state index >= 15 is 0 Å². The summed E-state index contributed by atoms with van der Waals surface area (Å²) < 4.78 is 0. The second-order valence-electron chi connectivity index (χ2n) is 2.45. The summed E-state index contributed by atoms with van der Waals surface area (Å²) in [6, 6.07) is 0. The smallest absolute Gasteiger partial charge is 0.0557 e. The predicted molar refractivity (Wildman–Crippen MR) is 39.4 cm³/mol. The van der Waals surface area contributed by atoms with Crippen LogP contribution in [-0.2, 0) is 21.1 Å². The molecular formula is C7H10N3W-. The van der Waals surface area contributed by atoms with Gasteiger partial charge < -0.3 is 10.7 Å². The molecule has 0 aliphatic carbocycles. The molecule has 0 unspecified atom stereocenters. The van der Waals surface area contributed by atoms with Crippen LogP contribution in [0.3, 0.4) is 0 Å². The van der Waals surface area contributed by atoms with Crippen molar-refractivity contribution in [1.82, 2.24) is 9.97 Å². The number of nitrogen functional groups attached to an aromatic ring is 1. The Balaban J connectivity index is 0.000001000. The van der Waals surface area contributed by atoms with Gasteiger partial charge in [-0.1, -0.05) is 20.0 Å². The van der Waals surface area contributed by atoms with Gasteiger partial charge in [-0.05, 0) is 11.6 Å². The summed E-state index contributed by atoms with van der Waals surface area (Å²) in [6.07, 6.45) is 4.26. The average Bonchev–Trinajstić information content (AvgIpc) is 1.88. The Hall–Kier alpha value is -0.432. The van der Waals surface area contributed by atoms with Gasteiger partial charge in [-0.15, -0.1) is 6.20 Å². The van der Waals surface area contributed by atoms with Crippen molar-refractivity contribution >= 4 is 5.82 Å². The Morgan fingerprint density at radius 2 is 2.18 bits per heavy atom. The van der Waals surface area contributed by atoms with Crippen molar-refractivity contribution < 1.29 is 21.1 Å². The third-order valence-corrected chi connectivity index (χ3v) is 1.17. The third-order valence-electron chi connectivity index (χ3n) is 1.17. The van der Waals surface area contributed by atoms with Gasteiger partial charge in [0.1, 0.15) is 0 Å². The standard InChI is InChI=1S/C7H10N3.W/c1-5(2)6-3-9-4-7(8)10-6;/h4-5H,1-2H3,(H2,8,10);/q-1;. The van der Waals surface area contributed by atoms with E-state index in [1.54, 1.807) is 0 Å². The summed E-state index contributed by atoms with van der Waals surface area (Å²) in [5.41, 5.74) is 6.22. The van der Waals surface area contributed by atoms with Gasteiger partial charge >= 0.3 is 0 Å². The van der Waals surface area contributed by atoms with E-state index in [1.165, 1.54) is 6.20 Å². The molecule has 0 spiro atoms. The summed E-state index contributed by atoms with van der Waals surface area (Å²) in [4.78, 5) is 7.83. The fourth-order valence-electron chi connectivity index (χ4n) is 0.616. The SMILES string of the molecule is CC(C)c1[c-]ncc(N)n1.[W]. The van der Waals surface area contributed by atoms with Crippen LogP contribution in [0.1, 0.15) is 25.5 Å². The van der Waals surface area contributed by atoms with Gasteiger partial charge in [-0.3, -0.25) is 4.98 Å². The maximum Gasteiger partial charge on any atom is 0.0557 e. The Kier molecular flexibility index (Phi) is 4.27.